The molecular formula is C18H21N5. The largest absolute Gasteiger partial charge is 0.323 e. The van der Waals surface area contributed by atoms with Crippen molar-refractivity contribution in [1.29, 1.82) is 0 Å². The first-order chi connectivity index (χ1) is 11.2. The van der Waals surface area contributed by atoms with Crippen LogP contribution in [0.15, 0.2) is 42.5 Å². The average molecular weight is 307 g/mol. The number of hydrogen-bond donors (Lipinski definition) is 1. The van der Waals surface area contributed by atoms with Crippen molar-refractivity contribution >= 4 is 11.0 Å². The van der Waals surface area contributed by atoms with E-state index >= 15 is 0 Å². The van der Waals surface area contributed by atoms with Crippen LogP contribution in [0.25, 0.3) is 11.0 Å². The molecular weight excluding hydrogens is 286 g/mol. The predicted molar refractivity (Wildman–Crippen MR) is 90.7 cm³/mol. The molecule has 2 heterocycles. The highest BCUT2D eigenvalue weighted by molar-refractivity contribution is 5.75. The Bertz CT molecular complexity index is 838. The highest BCUT2D eigenvalue weighted by Crippen LogP contribution is 2.26. The molecule has 5 nitrogen and oxygen atoms in total. The molecule has 0 bridgehead atoms. The van der Waals surface area contributed by atoms with Gasteiger partial charge < -0.3 is 5.73 Å². The van der Waals surface area contributed by atoms with Gasteiger partial charge in [0.05, 0.1) is 5.52 Å². The van der Waals surface area contributed by atoms with Crippen LogP contribution in [0.1, 0.15) is 29.7 Å². The van der Waals surface area contributed by atoms with Gasteiger partial charge in [-0.1, -0.05) is 35.5 Å². The molecule has 1 unspecified atom stereocenters. The number of rotatable bonds is 3. The second kappa shape index (κ2) is 5.76. The van der Waals surface area contributed by atoms with E-state index in [1.54, 1.807) is 0 Å². The van der Waals surface area contributed by atoms with Gasteiger partial charge in [-0.2, -0.15) is 0 Å². The van der Waals surface area contributed by atoms with Gasteiger partial charge in [-0.25, -0.2) is 4.68 Å². The van der Waals surface area contributed by atoms with Crippen molar-refractivity contribution in [2.75, 3.05) is 6.54 Å². The molecule has 2 aromatic carbocycles. The molecule has 0 amide bonds. The summed E-state index contributed by atoms with van der Waals surface area (Å²) in [4.78, 5) is 2.40. The predicted octanol–water partition coefficient (Wildman–Crippen LogP) is 2.47. The Morgan fingerprint density at radius 3 is 2.96 bits per heavy atom. The molecule has 0 saturated carbocycles. The quantitative estimate of drug-likeness (QED) is 0.807. The molecule has 1 aromatic heterocycles. The van der Waals surface area contributed by atoms with Crippen molar-refractivity contribution in [2.24, 2.45) is 5.73 Å². The zero-order valence-corrected chi connectivity index (χ0v) is 13.3. The topological polar surface area (TPSA) is 60.0 Å². The van der Waals surface area contributed by atoms with Gasteiger partial charge in [0, 0.05) is 32.2 Å². The van der Waals surface area contributed by atoms with E-state index < -0.39 is 0 Å². The van der Waals surface area contributed by atoms with Crippen molar-refractivity contribution in [2.45, 2.75) is 32.6 Å². The minimum atomic E-state index is 0.0876. The molecule has 0 spiro atoms. The SMILES string of the molecule is CCn1nnc2cc(CN3Cc4ccccc4C(N)C3)ccc21. The summed E-state index contributed by atoms with van der Waals surface area (Å²) in [6, 6.07) is 15.0. The highest BCUT2D eigenvalue weighted by atomic mass is 15.4. The lowest BCUT2D eigenvalue weighted by molar-refractivity contribution is 0.223. The summed E-state index contributed by atoms with van der Waals surface area (Å²) < 4.78 is 1.92. The van der Waals surface area contributed by atoms with Crippen LogP contribution in [-0.4, -0.2) is 26.4 Å². The molecule has 0 saturated heterocycles. The van der Waals surface area contributed by atoms with Crippen LogP contribution < -0.4 is 5.73 Å². The molecule has 0 fully saturated rings. The Morgan fingerprint density at radius 1 is 1.22 bits per heavy atom. The zero-order chi connectivity index (χ0) is 15.8. The molecule has 118 valence electrons. The van der Waals surface area contributed by atoms with Gasteiger partial charge >= 0.3 is 0 Å². The zero-order valence-electron chi connectivity index (χ0n) is 13.3. The molecule has 1 aliphatic rings. The van der Waals surface area contributed by atoms with Crippen LogP contribution in [0.2, 0.25) is 0 Å². The Kier molecular flexibility index (Phi) is 3.59. The van der Waals surface area contributed by atoms with Crippen LogP contribution in [0.3, 0.4) is 0 Å². The maximum Gasteiger partial charge on any atom is 0.113 e. The number of benzene rings is 2. The van der Waals surface area contributed by atoms with Gasteiger partial charge in [-0.05, 0) is 35.7 Å². The number of fused-ring (bicyclic) bond motifs is 2. The van der Waals surface area contributed by atoms with Gasteiger partial charge in [0.25, 0.3) is 0 Å². The summed E-state index contributed by atoms with van der Waals surface area (Å²) >= 11 is 0. The van der Waals surface area contributed by atoms with Gasteiger partial charge in [-0.3, -0.25) is 4.90 Å². The molecule has 3 aromatic rings. The van der Waals surface area contributed by atoms with Crippen LogP contribution in [0.5, 0.6) is 0 Å². The van der Waals surface area contributed by atoms with E-state index in [9.17, 15) is 0 Å². The van der Waals surface area contributed by atoms with Crippen LogP contribution >= 0.6 is 0 Å². The maximum absolute atomic E-state index is 6.33. The van der Waals surface area contributed by atoms with Crippen LogP contribution in [0.4, 0.5) is 0 Å². The van der Waals surface area contributed by atoms with Crippen molar-refractivity contribution in [3.8, 4) is 0 Å². The number of aromatic nitrogens is 3. The van der Waals surface area contributed by atoms with Crippen LogP contribution in [-0.2, 0) is 19.6 Å². The Hall–Kier alpha value is -2.24. The average Bonchev–Trinajstić information content (AvgIpc) is 2.97. The fourth-order valence-corrected chi connectivity index (χ4v) is 3.45. The fourth-order valence-electron chi connectivity index (χ4n) is 3.45. The second-order valence-corrected chi connectivity index (χ2v) is 6.20. The molecule has 4 rings (SSSR count). The van der Waals surface area contributed by atoms with Crippen molar-refractivity contribution < 1.29 is 0 Å². The van der Waals surface area contributed by atoms with E-state index in [4.69, 9.17) is 5.73 Å². The molecule has 0 radical (unpaired) electrons. The third kappa shape index (κ3) is 2.62. The van der Waals surface area contributed by atoms with Crippen molar-refractivity contribution in [3.63, 3.8) is 0 Å². The normalized spacial score (nSPS) is 18.3. The molecule has 23 heavy (non-hydrogen) atoms. The summed E-state index contributed by atoms with van der Waals surface area (Å²) in [5.41, 5.74) is 12.3. The highest BCUT2D eigenvalue weighted by Gasteiger charge is 2.22. The molecule has 0 aliphatic carbocycles. The van der Waals surface area contributed by atoms with E-state index in [2.05, 4.69) is 64.6 Å². The first-order valence-electron chi connectivity index (χ1n) is 8.12. The third-order valence-electron chi connectivity index (χ3n) is 4.59. The number of nitrogens with zero attached hydrogens (tertiary/aromatic N) is 4. The lowest BCUT2D eigenvalue weighted by atomic mass is 9.96. The van der Waals surface area contributed by atoms with Gasteiger partial charge in [0.1, 0.15) is 5.52 Å². The first kappa shape index (κ1) is 14.4. The minimum absolute atomic E-state index is 0.0876. The van der Waals surface area contributed by atoms with Gasteiger partial charge in [0.2, 0.25) is 0 Å². The van der Waals surface area contributed by atoms with E-state index in [1.165, 1.54) is 16.7 Å². The number of hydrogen-bond acceptors (Lipinski definition) is 4. The summed E-state index contributed by atoms with van der Waals surface area (Å²) in [5.74, 6) is 0. The Balaban J connectivity index is 1.57. The van der Waals surface area contributed by atoms with E-state index in [0.29, 0.717) is 0 Å². The first-order valence-corrected chi connectivity index (χ1v) is 8.12. The number of nitrogens with two attached hydrogens (primary N) is 1. The van der Waals surface area contributed by atoms with E-state index in [-0.39, 0.29) is 6.04 Å². The molecule has 5 heteroatoms. The summed E-state index contributed by atoms with van der Waals surface area (Å²) in [6.07, 6.45) is 0. The third-order valence-corrected chi connectivity index (χ3v) is 4.59. The minimum Gasteiger partial charge on any atom is -0.323 e. The number of aryl methyl sites for hydroxylation is 1. The van der Waals surface area contributed by atoms with E-state index in [1.807, 2.05) is 4.68 Å². The van der Waals surface area contributed by atoms with Gasteiger partial charge in [0.15, 0.2) is 0 Å². The maximum atomic E-state index is 6.33. The smallest absolute Gasteiger partial charge is 0.113 e. The van der Waals surface area contributed by atoms with Crippen LogP contribution in [0, 0.1) is 0 Å². The fraction of sp³-hybridized carbons (Fsp3) is 0.333. The Morgan fingerprint density at radius 2 is 2.09 bits per heavy atom. The molecule has 2 N–H and O–H groups in total. The molecule has 1 atom stereocenters. The Labute approximate surface area is 135 Å². The second-order valence-electron chi connectivity index (χ2n) is 6.20. The molecule has 1 aliphatic heterocycles. The lowest BCUT2D eigenvalue weighted by Crippen LogP contribution is -2.36. The summed E-state index contributed by atoms with van der Waals surface area (Å²) in [5, 5.41) is 8.44. The lowest BCUT2D eigenvalue weighted by Gasteiger charge is -2.32. The van der Waals surface area contributed by atoms with Crippen molar-refractivity contribution in [3.05, 3.63) is 59.2 Å². The summed E-state index contributed by atoms with van der Waals surface area (Å²) in [6.45, 7) is 5.64. The van der Waals surface area contributed by atoms with E-state index in [0.717, 1.165) is 37.2 Å². The van der Waals surface area contributed by atoms with Gasteiger partial charge in [-0.15, -0.1) is 5.10 Å². The standard InChI is InChI=1S/C18H21N5/c1-2-23-18-8-7-13(9-17(18)20-21-23)10-22-11-14-5-3-4-6-15(14)16(19)12-22/h3-9,16H,2,10-12,19H2,1H3. The summed E-state index contributed by atoms with van der Waals surface area (Å²) in [7, 11) is 0. The monoisotopic (exact) mass is 307 g/mol. The van der Waals surface area contributed by atoms with Crippen molar-refractivity contribution in [1.82, 2.24) is 19.9 Å².